The molecule has 3 heterocycles. The average molecular weight is 425 g/mol. The van der Waals surface area contributed by atoms with Gasteiger partial charge in [0.1, 0.15) is 17.4 Å². The lowest BCUT2D eigenvalue weighted by Crippen LogP contribution is -2.10. The Bertz CT molecular complexity index is 1060. The zero-order valence-electron chi connectivity index (χ0n) is 19.2. The van der Waals surface area contributed by atoms with Gasteiger partial charge >= 0.3 is 0 Å². The fraction of sp³-hybridized carbons (Fsp3) is 0.458. The van der Waals surface area contributed by atoms with Gasteiger partial charge < -0.3 is 5.11 Å². The summed E-state index contributed by atoms with van der Waals surface area (Å²) < 4.78 is 2.17. The molecule has 0 unspecified atom stereocenters. The van der Waals surface area contributed by atoms with Crippen LogP contribution in [0.25, 0.3) is 5.00 Å². The van der Waals surface area contributed by atoms with Gasteiger partial charge in [0.15, 0.2) is 5.82 Å². The zero-order chi connectivity index (χ0) is 22.2. The lowest BCUT2D eigenvalue weighted by molar-refractivity contribution is 0.102. The molecule has 6 heteroatoms. The van der Waals surface area contributed by atoms with Crippen LogP contribution in [0.2, 0.25) is 0 Å². The standard InChI is InChI=1S/C20H22N4S.C4H10O/c1-11(2)15-6-8-16(9-7-15)19-18-12(3)13(4)25-20(18)24-14(5)22-23-17(24)10-21-19;1-4(2,3)5/h6-9,11H,10H2,1-5H3;5H,1-3H3. The molecule has 1 N–H and O–H groups in total. The maximum Gasteiger partial charge on any atom is 0.160 e. The van der Waals surface area contributed by atoms with E-state index in [1.165, 1.54) is 32.1 Å². The first-order valence-corrected chi connectivity index (χ1v) is 11.2. The molecule has 2 aromatic heterocycles. The number of aromatic nitrogens is 3. The Balaban J connectivity index is 0.000000461. The molecular weight excluding hydrogens is 392 g/mol. The maximum atomic E-state index is 8.52. The van der Waals surface area contributed by atoms with Crippen LogP contribution in [0.4, 0.5) is 0 Å². The predicted octanol–water partition coefficient (Wildman–Crippen LogP) is 5.51. The van der Waals surface area contributed by atoms with Crippen molar-refractivity contribution in [3.8, 4) is 5.00 Å². The van der Waals surface area contributed by atoms with Gasteiger partial charge in [-0.15, -0.1) is 21.5 Å². The van der Waals surface area contributed by atoms with Crippen LogP contribution in [-0.2, 0) is 6.54 Å². The average Bonchev–Trinajstić information content (AvgIpc) is 3.09. The molecule has 0 spiro atoms. The smallest absolute Gasteiger partial charge is 0.160 e. The van der Waals surface area contributed by atoms with Crippen molar-refractivity contribution in [3.05, 3.63) is 63.0 Å². The van der Waals surface area contributed by atoms with Gasteiger partial charge in [-0.3, -0.25) is 9.56 Å². The van der Waals surface area contributed by atoms with E-state index in [0.29, 0.717) is 12.5 Å². The summed E-state index contributed by atoms with van der Waals surface area (Å²) in [5.41, 5.74) is 5.61. The third kappa shape index (κ3) is 4.71. The molecule has 0 radical (unpaired) electrons. The number of aliphatic imine (C=N–C) groups is 1. The minimum atomic E-state index is -0.500. The van der Waals surface area contributed by atoms with Crippen molar-refractivity contribution in [2.45, 2.75) is 73.5 Å². The zero-order valence-corrected chi connectivity index (χ0v) is 20.1. The SMILES string of the molecule is CC(C)(C)O.Cc1sc2c(c1C)C(c1ccc(C(C)C)cc1)=NCc1nnc(C)n1-2. The van der Waals surface area contributed by atoms with E-state index in [2.05, 4.69) is 66.7 Å². The monoisotopic (exact) mass is 424 g/mol. The molecule has 1 aromatic carbocycles. The topological polar surface area (TPSA) is 63.3 Å². The van der Waals surface area contributed by atoms with Crippen LogP contribution < -0.4 is 0 Å². The van der Waals surface area contributed by atoms with E-state index in [4.69, 9.17) is 10.1 Å². The Labute approximate surface area is 183 Å². The van der Waals surface area contributed by atoms with E-state index < -0.39 is 5.60 Å². The molecule has 1 aliphatic heterocycles. The summed E-state index contributed by atoms with van der Waals surface area (Å²) in [6.45, 7) is 16.6. The Kier molecular flexibility index (Phi) is 6.29. The van der Waals surface area contributed by atoms with Crippen molar-refractivity contribution in [1.29, 1.82) is 0 Å². The largest absolute Gasteiger partial charge is 0.391 e. The molecule has 0 aliphatic carbocycles. The van der Waals surface area contributed by atoms with Gasteiger partial charge in [0.25, 0.3) is 0 Å². The molecule has 4 rings (SSSR count). The van der Waals surface area contributed by atoms with Crippen molar-refractivity contribution in [3.63, 3.8) is 0 Å². The minimum Gasteiger partial charge on any atom is -0.391 e. The van der Waals surface area contributed by atoms with E-state index in [-0.39, 0.29) is 0 Å². The third-order valence-corrected chi connectivity index (χ3v) is 6.12. The fourth-order valence-electron chi connectivity index (χ4n) is 3.31. The second-order valence-corrected chi connectivity index (χ2v) is 10.3. The highest BCUT2D eigenvalue weighted by molar-refractivity contribution is 7.15. The maximum absolute atomic E-state index is 8.52. The minimum absolute atomic E-state index is 0.500. The van der Waals surface area contributed by atoms with E-state index in [0.717, 1.165) is 17.4 Å². The molecule has 0 amide bonds. The summed E-state index contributed by atoms with van der Waals surface area (Å²) in [6, 6.07) is 8.83. The van der Waals surface area contributed by atoms with Crippen LogP contribution in [0, 0.1) is 20.8 Å². The molecule has 0 bridgehead atoms. The summed E-state index contributed by atoms with van der Waals surface area (Å²) in [6.07, 6.45) is 0. The molecule has 0 fully saturated rings. The predicted molar refractivity (Wildman–Crippen MR) is 125 cm³/mol. The first-order valence-electron chi connectivity index (χ1n) is 10.4. The van der Waals surface area contributed by atoms with Crippen LogP contribution in [0.5, 0.6) is 0 Å². The highest BCUT2D eigenvalue weighted by Crippen LogP contribution is 2.36. The fourth-order valence-corrected chi connectivity index (χ4v) is 4.53. The number of aliphatic hydroxyl groups is 1. The second-order valence-electron chi connectivity index (χ2n) is 9.07. The number of thiophene rings is 1. The van der Waals surface area contributed by atoms with E-state index in [9.17, 15) is 0 Å². The molecular formula is C24H32N4OS. The van der Waals surface area contributed by atoms with Gasteiger partial charge in [0, 0.05) is 16.0 Å². The lowest BCUT2D eigenvalue weighted by atomic mass is 9.96. The van der Waals surface area contributed by atoms with Crippen LogP contribution in [0.1, 0.15) is 79.3 Å². The first kappa shape index (κ1) is 22.4. The van der Waals surface area contributed by atoms with Gasteiger partial charge in [-0.1, -0.05) is 38.1 Å². The van der Waals surface area contributed by atoms with Crippen molar-refractivity contribution >= 4 is 17.0 Å². The first-order chi connectivity index (χ1) is 14.0. The number of hydrogen-bond donors (Lipinski definition) is 1. The van der Waals surface area contributed by atoms with Crippen molar-refractivity contribution in [1.82, 2.24) is 14.8 Å². The summed E-state index contributed by atoms with van der Waals surface area (Å²) in [5.74, 6) is 2.36. The van der Waals surface area contributed by atoms with E-state index >= 15 is 0 Å². The number of fused-ring (bicyclic) bond motifs is 3. The number of hydrogen-bond acceptors (Lipinski definition) is 5. The molecule has 0 atom stereocenters. The molecule has 1 aliphatic rings. The van der Waals surface area contributed by atoms with Gasteiger partial charge in [0.2, 0.25) is 0 Å². The number of rotatable bonds is 2. The Morgan fingerprint density at radius 1 is 1.03 bits per heavy atom. The summed E-state index contributed by atoms with van der Waals surface area (Å²) in [5, 5.41) is 18.3. The van der Waals surface area contributed by atoms with Crippen LogP contribution in [-0.4, -0.2) is 31.2 Å². The summed E-state index contributed by atoms with van der Waals surface area (Å²) in [7, 11) is 0. The number of aryl methyl sites for hydroxylation is 2. The normalized spacial score (nSPS) is 13.2. The summed E-state index contributed by atoms with van der Waals surface area (Å²) in [4.78, 5) is 6.26. The van der Waals surface area contributed by atoms with Crippen molar-refractivity contribution in [2.75, 3.05) is 0 Å². The Hall–Kier alpha value is -2.31. The number of nitrogens with zero attached hydrogens (tertiary/aromatic N) is 4. The molecule has 0 saturated heterocycles. The van der Waals surface area contributed by atoms with Crippen LogP contribution >= 0.6 is 11.3 Å². The van der Waals surface area contributed by atoms with Crippen LogP contribution in [0.15, 0.2) is 29.3 Å². The Morgan fingerprint density at radius 2 is 1.63 bits per heavy atom. The van der Waals surface area contributed by atoms with Gasteiger partial charge in [-0.2, -0.15) is 0 Å². The molecule has 160 valence electrons. The van der Waals surface area contributed by atoms with Gasteiger partial charge in [-0.25, -0.2) is 0 Å². The second kappa shape index (κ2) is 8.44. The Morgan fingerprint density at radius 3 is 2.20 bits per heavy atom. The van der Waals surface area contributed by atoms with Gasteiger partial charge in [-0.05, 0) is 58.6 Å². The van der Waals surface area contributed by atoms with Crippen molar-refractivity contribution in [2.24, 2.45) is 4.99 Å². The molecule has 30 heavy (non-hydrogen) atoms. The van der Waals surface area contributed by atoms with E-state index in [1.807, 2.05) is 6.92 Å². The quantitative estimate of drug-likeness (QED) is 0.590. The molecule has 3 aromatic rings. The van der Waals surface area contributed by atoms with Gasteiger partial charge in [0.05, 0.1) is 11.3 Å². The van der Waals surface area contributed by atoms with Crippen molar-refractivity contribution < 1.29 is 5.11 Å². The summed E-state index contributed by atoms with van der Waals surface area (Å²) >= 11 is 1.80. The lowest BCUT2D eigenvalue weighted by Gasteiger charge is -2.11. The highest BCUT2D eigenvalue weighted by atomic mass is 32.1. The number of benzene rings is 1. The third-order valence-electron chi connectivity index (χ3n) is 4.93. The van der Waals surface area contributed by atoms with Crippen LogP contribution in [0.3, 0.4) is 0 Å². The molecule has 5 nitrogen and oxygen atoms in total. The molecule has 0 saturated carbocycles. The van der Waals surface area contributed by atoms with E-state index in [1.54, 1.807) is 32.1 Å². The highest BCUT2D eigenvalue weighted by Gasteiger charge is 2.26.